The molecule has 0 aliphatic rings. The van der Waals surface area contributed by atoms with Gasteiger partial charge in [-0.2, -0.15) is 0 Å². The highest BCUT2D eigenvalue weighted by atomic mass is 32.1. The monoisotopic (exact) mass is 277 g/mol. The van der Waals surface area contributed by atoms with Gasteiger partial charge in [-0.25, -0.2) is 4.98 Å². The van der Waals surface area contributed by atoms with Crippen LogP contribution < -0.4 is 9.47 Å². The number of carbonyl (C=O) groups excluding carboxylic acids is 1. The lowest BCUT2D eigenvalue weighted by atomic mass is 10.1. The first-order valence-electron chi connectivity index (χ1n) is 5.80. The lowest BCUT2D eigenvalue weighted by Gasteiger charge is -2.09. The van der Waals surface area contributed by atoms with Crippen LogP contribution in [0.25, 0.3) is 0 Å². The molecule has 0 N–H and O–H groups in total. The Labute approximate surface area is 116 Å². The predicted octanol–water partition coefficient (Wildman–Crippen LogP) is 2.89. The van der Waals surface area contributed by atoms with Gasteiger partial charge < -0.3 is 9.47 Å². The highest BCUT2D eigenvalue weighted by Crippen LogP contribution is 2.25. The number of benzene rings is 1. The first-order valence-corrected chi connectivity index (χ1v) is 6.68. The van der Waals surface area contributed by atoms with Crippen LogP contribution in [-0.2, 0) is 6.42 Å². The minimum absolute atomic E-state index is 0.0268. The SMILES string of the molecule is COc1ccc(OC)c(C(=O)Cc2csc(C)n2)c1. The number of ketones is 1. The van der Waals surface area contributed by atoms with Crippen molar-refractivity contribution in [1.82, 2.24) is 4.98 Å². The molecule has 1 heterocycles. The molecule has 0 fully saturated rings. The predicted molar refractivity (Wildman–Crippen MR) is 74.4 cm³/mol. The summed E-state index contributed by atoms with van der Waals surface area (Å²) in [4.78, 5) is 16.6. The van der Waals surface area contributed by atoms with E-state index in [1.54, 1.807) is 32.4 Å². The van der Waals surface area contributed by atoms with Crippen LogP contribution >= 0.6 is 11.3 Å². The number of aryl methyl sites for hydroxylation is 1. The quantitative estimate of drug-likeness (QED) is 0.788. The van der Waals surface area contributed by atoms with Crippen molar-refractivity contribution in [3.05, 3.63) is 39.8 Å². The fraction of sp³-hybridized carbons (Fsp3) is 0.286. The summed E-state index contributed by atoms with van der Waals surface area (Å²) in [5.74, 6) is 1.16. The number of carbonyl (C=O) groups is 1. The summed E-state index contributed by atoms with van der Waals surface area (Å²) in [7, 11) is 3.12. The zero-order valence-electron chi connectivity index (χ0n) is 11.1. The Kier molecular flexibility index (Phi) is 4.16. The second-order valence-electron chi connectivity index (χ2n) is 4.02. The standard InChI is InChI=1S/C14H15NO3S/c1-9-15-10(8-19-9)6-13(16)12-7-11(17-2)4-5-14(12)18-3/h4-5,7-8H,6H2,1-3H3. The first kappa shape index (κ1) is 13.5. The van der Waals surface area contributed by atoms with Gasteiger partial charge in [-0.3, -0.25) is 4.79 Å². The molecule has 0 aliphatic heterocycles. The summed E-state index contributed by atoms with van der Waals surface area (Å²) in [5.41, 5.74) is 1.31. The third-order valence-corrected chi connectivity index (χ3v) is 3.54. The van der Waals surface area contributed by atoms with E-state index in [0.29, 0.717) is 17.1 Å². The van der Waals surface area contributed by atoms with E-state index in [1.807, 2.05) is 12.3 Å². The van der Waals surface area contributed by atoms with Crippen LogP contribution in [-0.4, -0.2) is 25.0 Å². The number of ether oxygens (including phenoxy) is 2. The van der Waals surface area contributed by atoms with Crippen LogP contribution in [0.4, 0.5) is 0 Å². The maximum absolute atomic E-state index is 12.3. The number of aromatic nitrogens is 1. The number of thiazole rings is 1. The Morgan fingerprint density at radius 2 is 2.11 bits per heavy atom. The van der Waals surface area contributed by atoms with Gasteiger partial charge in [0.1, 0.15) is 11.5 Å². The normalized spacial score (nSPS) is 10.3. The van der Waals surface area contributed by atoms with Crippen molar-refractivity contribution < 1.29 is 14.3 Å². The van der Waals surface area contributed by atoms with Crippen molar-refractivity contribution in [2.24, 2.45) is 0 Å². The minimum atomic E-state index is -0.0268. The fourth-order valence-electron chi connectivity index (χ4n) is 1.78. The van der Waals surface area contributed by atoms with E-state index in [-0.39, 0.29) is 12.2 Å². The largest absolute Gasteiger partial charge is 0.497 e. The maximum Gasteiger partial charge on any atom is 0.172 e. The average molecular weight is 277 g/mol. The van der Waals surface area contributed by atoms with Crippen LogP contribution in [0.15, 0.2) is 23.6 Å². The van der Waals surface area contributed by atoms with Crippen molar-refractivity contribution in [2.75, 3.05) is 14.2 Å². The van der Waals surface area contributed by atoms with E-state index in [0.717, 1.165) is 10.7 Å². The van der Waals surface area contributed by atoms with Gasteiger partial charge in [0.2, 0.25) is 0 Å². The molecule has 2 aromatic rings. The highest BCUT2D eigenvalue weighted by molar-refractivity contribution is 7.09. The molecular weight excluding hydrogens is 262 g/mol. The molecule has 0 saturated carbocycles. The molecule has 0 amide bonds. The second kappa shape index (κ2) is 5.84. The molecule has 0 radical (unpaired) electrons. The van der Waals surface area contributed by atoms with Gasteiger partial charge in [0.05, 0.1) is 36.9 Å². The molecular formula is C14H15NO3S. The average Bonchev–Trinajstić information content (AvgIpc) is 2.83. The molecule has 0 aliphatic carbocycles. The van der Waals surface area contributed by atoms with E-state index >= 15 is 0 Å². The number of methoxy groups -OCH3 is 2. The van der Waals surface area contributed by atoms with Crippen molar-refractivity contribution in [2.45, 2.75) is 13.3 Å². The lowest BCUT2D eigenvalue weighted by Crippen LogP contribution is -2.06. The van der Waals surface area contributed by atoms with Crippen molar-refractivity contribution in [3.8, 4) is 11.5 Å². The Hall–Kier alpha value is -1.88. The summed E-state index contributed by atoms with van der Waals surface area (Å²) in [6.45, 7) is 1.92. The number of Topliss-reactive ketones (excluding diaryl/α,β-unsaturated/α-hetero) is 1. The number of hydrogen-bond acceptors (Lipinski definition) is 5. The van der Waals surface area contributed by atoms with Crippen molar-refractivity contribution in [1.29, 1.82) is 0 Å². The Morgan fingerprint density at radius 1 is 1.32 bits per heavy atom. The molecule has 0 saturated heterocycles. The highest BCUT2D eigenvalue weighted by Gasteiger charge is 2.15. The molecule has 1 aromatic heterocycles. The van der Waals surface area contributed by atoms with Crippen LogP contribution in [0, 0.1) is 6.92 Å². The Bertz CT molecular complexity index is 592. The molecule has 0 bridgehead atoms. The topological polar surface area (TPSA) is 48.4 Å². The fourth-order valence-corrected chi connectivity index (χ4v) is 2.39. The van der Waals surface area contributed by atoms with Gasteiger partial charge >= 0.3 is 0 Å². The van der Waals surface area contributed by atoms with Gasteiger partial charge in [-0.1, -0.05) is 0 Å². The zero-order valence-corrected chi connectivity index (χ0v) is 11.9. The maximum atomic E-state index is 12.3. The van der Waals surface area contributed by atoms with Crippen LogP contribution in [0.1, 0.15) is 21.1 Å². The van der Waals surface area contributed by atoms with Crippen LogP contribution in [0.2, 0.25) is 0 Å². The van der Waals surface area contributed by atoms with E-state index in [2.05, 4.69) is 4.98 Å². The Morgan fingerprint density at radius 3 is 2.68 bits per heavy atom. The smallest absolute Gasteiger partial charge is 0.172 e. The second-order valence-corrected chi connectivity index (χ2v) is 5.09. The van der Waals surface area contributed by atoms with Gasteiger partial charge in [0.15, 0.2) is 5.78 Å². The number of hydrogen-bond donors (Lipinski definition) is 0. The third-order valence-electron chi connectivity index (χ3n) is 2.72. The summed E-state index contributed by atoms with van der Waals surface area (Å²) in [6, 6.07) is 5.20. The van der Waals surface area contributed by atoms with E-state index in [9.17, 15) is 4.79 Å². The van der Waals surface area contributed by atoms with E-state index < -0.39 is 0 Å². The molecule has 100 valence electrons. The summed E-state index contributed by atoms with van der Waals surface area (Å²) in [5, 5.41) is 2.86. The van der Waals surface area contributed by atoms with E-state index in [1.165, 1.54) is 11.3 Å². The molecule has 0 spiro atoms. The summed E-state index contributed by atoms with van der Waals surface area (Å²) in [6.07, 6.45) is 0.272. The van der Waals surface area contributed by atoms with Crippen molar-refractivity contribution >= 4 is 17.1 Å². The van der Waals surface area contributed by atoms with Crippen LogP contribution in [0.3, 0.4) is 0 Å². The molecule has 0 unspecified atom stereocenters. The first-order chi connectivity index (χ1) is 9.13. The number of nitrogens with zero attached hydrogens (tertiary/aromatic N) is 1. The molecule has 19 heavy (non-hydrogen) atoms. The third kappa shape index (κ3) is 3.12. The number of rotatable bonds is 5. The minimum Gasteiger partial charge on any atom is -0.497 e. The lowest BCUT2D eigenvalue weighted by molar-refractivity contribution is 0.0989. The zero-order chi connectivity index (χ0) is 13.8. The van der Waals surface area contributed by atoms with Gasteiger partial charge in [-0.15, -0.1) is 11.3 Å². The van der Waals surface area contributed by atoms with Gasteiger partial charge in [0.25, 0.3) is 0 Å². The van der Waals surface area contributed by atoms with Crippen LogP contribution in [0.5, 0.6) is 11.5 Å². The molecule has 2 rings (SSSR count). The molecule has 1 aromatic carbocycles. The van der Waals surface area contributed by atoms with Gasteiger partial charge in [-0.05, 0) is 25.1 Å². The Balaban J connectivity index is 2.26. The van der Waals surface area contributed by atoms with Gasteiger partial charge in [0, 0.05) is 5.38 Å². The molecule has 0 atom stereocenters. The molecule has 5 heteroatoms. The molecule has 4 nitrogen and oxygen atoms in total. The summed E-state index contributed by atoms with van der Waals surface area (Å²) < 4.78 is 10.4. The van der Waals surface area contributed by atoms with E-state index in [4.69, 9.17) is 9.47 Å². The van der Waals surface area contributed by atoms with Crippen molar-refractivity contribution in [3.63, 3.8) is 0 Å². The summed E-state index contributed by atoms with van der Waals surface area (Å²) >= 11 is 1.54.